The molecule has 4 N–H and O–H groups in total. The number of methoxy groups -OCH3 is 1. The molecule has 4 amide bonds. The molecule has 192 valence electrons. The maximum atomic E-state index is 12.9. The number of anilines is 1. The second-order valence-electron chi connectivity index (χ2n) is 8.09. The molecule has 1 heterocycles. The fourth-order valence-electron chi connectivity index (χ4n) is 3.69. The lowest BCUT2D eigenvalue weighted by Gasteiger charge is -2.35. The summed E-state index contributed by atoms with van der Waals surface area (Å²) in [5.74, 6) is -2.51. The molecular formula is C24H26F3N5O4. The number of halogens is 3. The van der Waals surface area contributed by atoms with Gasteiger partial charge in [0.15, 0.2) is 0 Å². The summed E-state index contributed by atoms with van der Waals surface area (Å²) in [7, 11) is 1.54. The molecule has 1 saturated heterocycles. The van der Waals surface area contributed by atoms with Crippen molar-refractivity contribution in [2.45, 2.75) is 31.5 Å². The quantitative estimate of drug-likeness (QED) is 0.410. The van der Waals surface area contributed by atoms with Crippen LogP contribution >= 0.6 is 0 Å². The van der Waals surface area contributed by atoms with Gasteiger partial charge in [-0.2, -0.15) is 18.2 Å². The number of ether oxygens (including phenoxy) is 1. The third kappa shape index (κ3) is 6.96. The van der Waals surface area contributed by atoms with Gasteiger partial charge in [0.2, 0.25) is 0 Å². The zero-order valence-corrected chi connectivity index (χ0v) is 19.5. The molecular weight excluding hydrogens is 479 g/mol. The van der Waals surface area contributed by atoms with E-state index in [4.69, 9.17) is 10.5 Å². The third-order valence-corrected chi connectivity index (χ3v) is 5.63. The summed E-state index contributed by atoms with van der Waals surface area (Å²) in [6.07, 6.45) is -2.67. The topological polar surface area (TPSA) is 126 Å². The fourth-order valence-corrected chi connectivity index (χ4v) is 3.69. The van der Waals surface area contributed by atoms with Crippen molar-refractivity contribution in [2.75, 3.05) is 25.5 Å². The number of piperidine rings is 1. The van der Waals surface area contributed by atoms with Crippen molar-refractivity contribution in [3.8, 4) is 5.75 Å². The Kier molecular flexibility index (Phi) is 8.51. The Morgan fingerprint density at radius 2 is 1.69 bits per heavy atom. The van der Waals surface area contributed by atoms with Crippen LogP contribution in [-0.2, 0) is 4.79 Å². The van der Waals surface area contributed by atoms with E-state index in [9.17, 15) is 27.6 Å². The van der Waals surface area contributed by atoms with Crippen LogP contribution in [0.2, 0.25) is 0 Å². The van der Waals surface area contributed by atoms with Crippen LogP contribution in [0, 0.1) is 0 Å². The van der Waals surface area contributed by atoms with Crippen molar-refractivity contribution < 1.29 is 32.3 Å². The molecule has 1 atom stereocenters. The third-order valence-electron chi connectivity index (χ3n) is 5.63. The largest absolute Gasteiger partial charge is 0.497 e. The van der Waals surface area contributed by atoms with E-state index < -0.39 is 17.9 Å². The number of carbonyl (C=O) groups excluding carboxylic acids is 3. The molecule has 1 fully saturated rings. The summed E-state index contributed by atoms with van der Waals surface area (Å²) in [5.41, 5.74) is 6.44. The van der Waals surface area contributed by atoms with Crippen LogP contribution in [0.25, 0.3) is 0 Å². The molecule has 0 bridgehead atoms. The molecule has 2 aromatic rings. The van der Waals surface area contributed by atoms with Crippen LogP contribution < -0.4 is 21.1 Å². The average Bonchev–Trinajstić information content (AvgIpc) is 2.87. The number of benzene rings is 2. The standard InChI is InChI=1S/C24H26F3N5O4/c1-36-19-11-7-16(8-12-19)21(33)29-14-18-4-2-3-13-32(18)23(35)30-17-9-5-15(6-10-17)20(28)31-22(34)24(25,26)27/h5-12,18H,2-4,13-14H2,1H3,(H,29,33)(H,30,35)(H2,28,31,34). The minimum atomic E-state index is -5.11. The maximum Gasteiger partial charge on any atom is 0.473 e. The first-order chi connectivity index (χ1) is 17.1. The van der Waals surface area contributed by atoms with Crippen molar-refractivity contribution in [1.82, 2.24) is 10.2 Å². The predicted octanol–water partition coefficient (Wildman–Crippen LogP) is 3.31. The molecule has 1 aliphatic rings. The highest BCUT2D eigenvalue weighted by atomic mass is 19.4. The van der Waals surface area contributed by atoms with Crippen LogP contribution in [0.3, 0.4) is 0 Å². The lowest BCUT2D eigenvalue weighted by molar-refractivity contribution is -0.169. The van der Waals surface area contributed by atoms with E-state index in [2.05, 4.69) is 15.6 Å². The number of urea groups is 1. The number of hydrogen-bond acceptors (Lipinski definition) is 4. The van der Waals surface area contributed by atoms with E-state index in [-0.39, 0.29) is 30.1 Å². The number of hydrogen-bond donors (Lipinski definition) is 3. The Morgan fingerprint density at radius 1 is 1.06 bits per heavy atom. The number of rotatable bonds is 6. The number of amidine groups is 1. The summed E-state index contributed by atoms with van der Waals surface area (Å²) >= 11 is 0. The lowest BCUT2D eigenvalue weighted by Crippen LogP contribution is -2.50. The van der Waals surface area contributed by atoms with Crippen molar-refractivity contribution in [2.24, 2.45) is 10.7 Å². The first kappa shape index (κ1) is 26.5. The molecule has 12 heteroatoms. The van der Waals surface area contributed by atoms with Crippen LogP contribution in [0.4, 0.5) is 23.7 Å². The Bertz CT molecular complexity index is 1120. The van der Waals surface area contributed by atoms with E-state index in [1.54, 1.807) is 29.2 Å². The van der Waals surface area contributed by atoms with Crippen molar-refractivity contribution >= 4 is 29.4 Å². The van der Waals surface area contributed by atoms with Gasteiger partial charge in [0.25, 0.3) is 5.91 Å². The normalized spacial score (nSPS) is 16.3. The monoisotopic (exact) mass is 505 g/mol. The maximum absolute atomic E-state index is 12.9. The van der Waals surface area contributed by atoms with Gasteiger partial charge in [-0.15, -0.1) is 0 Å². The van der Waals surface area contributed by atoms with Gasteiger partial charge in [0, 0.05) is 29.9 Å². The number of nitrogens with two attached hydrogens (primary N) is 1. The molecule has 1 aliphatic heterocycles. The van der Waals surface area contributed by atoms with E-state index >= 15 is 0 Å². The zero-order valence-electron chi connectivity index (χ0n) is 19.5. The van der Waals surface area contributed by atoms with Gasteiger partial charge in [-0.25, -0.2) is 4.79 Å². The summed E-state index contributed by atoms with van der Waals surface area (Å²) in [5, 5.41) is 5.60. The second kappa shape index (κ2) is 11.6. The minimum absolute atomic E-state index is 0.0997. The number of amides is 4. The fraction of sp³-hybridized carbons (Fsp3) is 0.333. The van der Waals surface area contributed by atoms with Gasteiger partial charge in [0.1, 0.15) is 11.6 Å². The summed E-state index contributed by atoms with van der Waals surface area (Å²) in [6, 6.07) is 11.7. The van der Waals surface area contributed by atoms with Crippen molar-refractivity contribution in [3.05, 3.63) is 59.7 Å². The van der Waals surface area contributed by atoms with Crippen molar-refractivity contribution in [1.29, 1.82) is 0 Å². The van der Waals surface area contributed by atoms with E-state index in [1.807, 2.05) is 0 Å². The summed E-state index contributed by atoms with van der Waals surface area (Å²) in [4.78, 5) is 40.9. The number of likely N-dealkylation sites (tertiary alicyclic amines) is 1. The highest BCUT2D eigenvalue weighted by Gasteiger charge is 2.38. The van der Waals surface area contributed by atoms with Crippen molar-refractivity contribution in [3.63, 3.8) is 0 Å². The Morgan fingerprint density at radius 3 is 2.31 bits per heavy atom. The van der Waals surface area contributed by atoms with E-state index in [0.29, 0.717) is 23.5 Å². The number of alkyl halides is 3. The van der Waals surface area contributed by atoms with Gasteiger partial charge in [0.05, 0.1) is 13.2 Å². The van der Waals surface area contributed by atoms with Gasteiger partial charge >= 0.3 is 18.1 Å². The number of aliphatic imine (C=N–C) groups is 1. The zero-order chi connectivity index (χ0) is 26.3. The van der Waals surface area contributed by atoms with Crippen LogP contribution in [0.1, 0.15) is 35.2 Å². The second-order valence-corrected chi connectivity index (χ2v) is 8.09. The smallest absolute Gasteiger partial charge is 0.473 e. The lowest BCUT2D eigenvalue weighted by atomic mass is 10.0. The number of nitrogens with one attached hydrogen (secondary N) is 2. The molecule has 0 aromatic heterocycles. The van der Waals surface area contributed by atoms with E-state index in [0.717, 1.165) is 19.3 Å². The SMILES string of the molecule is COc1ccc(C(=O)NCC2CCCCN2C(=O)Nc2ccc(C(N)=NC(=O)C(F)(F)F)cc2)cc1. The Labute approximate surface area is 205 Å². The first-order valence-corrected chi connectivity index (χ1v) is 11.1. The first-order valence-electron chi connectivity index (χ1n) is 11.1. The minimum Gasteiger partial charge on any atom is -0.497 e. The predicted molar refractivity (Wildman–Crippen MR) is 127 cm³/mol. The van der Waals surface area contributed by atoms with E-state index in [1.165, 1.54) is 31.4 Å². The number of nitrogens with zero attached hydrogens (tertiary/aromatic N) is 2. The number of carbonyl (C=O) groups is 3. The molecule has 9 nitrogen and oxygen atoms in total. The molecule has 36 heavy (non-hydrogen) atoms. The van der Waals surface area contributed by atoms with Gasteiger partial charge in [-0.3, -0.25) is 9.59 Å². The van der Waals surface area contributed by atoms with Crippen LogP contribution in [0.15, 0.2) is 53.5 Å². The van der Waals surface area contributed by atoms with Crippen LogP contribution in [-0.4, -0.2) is 61.0 Å². The highest BCUT2D eigenvalue weighted by molar-refractivity contribution is 6.05. The van der Waals surface area contributed by atoms with Crippen LogP contribution in [0.5, 0.6) is 5.75 Å². The molecule has 0 spiro atoms. The molecule has 1 unspecified atom stereocenters. The average molecular weight is 505 g/mol. The Hall–Kier alpha value is -4.09. The summed E-state index contributed by atoms with van der Waals surface area (Å²) < 4.78 is 42.2. The van der Waals surface area contributed by atoms with Gasteiger partial charge < -0.3 is 26.0 Å². The molecule has 2 aromatic carbocycles. The van der Waals surface area contributed by atoms with Gasteiger partial charge in [-0.1, -0.05) is 0 Å². The van der Waals surface area contributed by atoms with Gasteiger partial charge in [-0.05, 0) is 67.8 Å². The molecule has 0 radical (unpaired) electrons. The Balaban J connectivity index is 1.59. The molecule has 0 saturated carbocycles. The summed E-state index contributed by atoms with van der Waals surface area (Å²) in [6.45, 7) is 0.781. The molecule has 0 aliphatic carbocycles. The molecule has 3 rings (SSSR count). The highest BCUT2D eigenvalue weighted by Crippen LogP contribution is 2.20.